The van der Waals surface area contributed by atoms with Gasteiger partial charge in [-0.25, -0.2) is 0 Å². The third-order valence-electron chi connectivity index (χ3n) is 3.96. The zero-order valence-corrected chi connectivity index (χ0v) is 10.9. The van der Waals surface area contributed by atoms with E-state index in [0.717, 1.165) is 6.07 Å². The Kier molecular flexibility index (Phi) is 3.14. The van der Waals surface area contributed by atoms with Crippen LogP contribution in [-0.4, -0.2) is 6.54 Å². The molecule has 0 spiro atoms. The number of hydrogen-bond donors (Lipinski definition) is 1. The number of hydrogen-bond acceptors (Lipinski definition) is 1. The van der Waals surface area contributed by atoms with Gasteiger partial charge in [-0.3, -0.25) is 0 Å². The molecule has 0 saturated heterocycles. The number of halogens is 4. The first-order valence-corrected chi connectivity index (χ1v) is 6.14. The number of nitrogens with two attached hydrogens (primary N) is 1. The average Bonchev–Trinajstić information content (AvgIpc) is 2.79. The number of benzene rings is 1. The van der Waals surface area contributed by atoms with Crippen molar-refractivity contribution >= 4 is 11.6 Å². The summed E-state index contributed by atoms with van der Waals surface area (Å²) < 4.78 is 39.0. The predicted octanol–water partition coefficient (Wildman–Crippen LogP) is 4.06. The summed E-state index contributed by atoms with van der Waals surface area (Å²) in [5, 5.41) is 0.105. The summed E-state index contributed by atoms with van der Waals surface area (Å²) in [6, 6.07) is 3.99. The summed E-state index contributed by atoms with van der Waals surface area (Å²) in [7, 11) is 0. The van der Waals surface area contributed by atoms with E-state index in [0.29, 0.717) is 12.1 Å². The lowest BCUT2D eigenvalue weighted by atomic mass is 9.98. The highest BCUT2D eigenvalue weighted by Gasteiger charge is 2.58. The second-order valence-electron chi connectivity index (χ2n) is 5.37. The summed E-state index contributed by atoms with van der Waals surface area (Å²) in [4.78, 5) is 0. The SMILES string of the molecule is CC1(C)[C@@H](CN)[C@@H]1c1ccc(Cl)cc1C(F)(F)F. The van der Waals surface area contributed by atoms with Crippen LogP contribution < -0.4 is 5.73 Å². The van der Waals surface area contributed by atoms with Crippen LogP contribution in [0, 0.1) is 11.3 Å². The van der Waals surface area contributed by atoms with Crippen LogP contribution in [0.3, 0.4) is 0 Å². The van der Waals surface area contributed by atoms with Gasteiger partial charge in [0.25, 0.3) is 0 Å². The standard InChI is InChI=1S/C13H15ClF3N/c1-12(2)10(6-18)11(12)8-4-3-7(14)5-9(8)13(15,16)17/h3-5,10-11H,6,18H2,1-2H3/t10-,11-/m0/s1. The van der Waals surface area contributed by atoms with Crippen LogP contribution in [0.25, 0.3) is 0 Å². The largest absolute Gasteiger partial charge is 0.416 e. The average molecular weight is 278 g/mol. The number of alkyl halides is 3. The summed E-state index contributed by atoms with van der Waals surface area (Å²) in [6.45, 7) is 4.30. The second kappa shape index (κ2) is 4.14. The maximum atomic E-state index is 13.0. The highest BCUT2D eigenvalue weighted by molar-refractivity contribution is 6.30. The van der Waals surface area contributed by atoms with Gasteiger partial charge in [0, 0.05) is 5.02 Å². The molecule has 5 heteroatoms. The van der Waals surface area contributed by atoms with E-state index < -0.39 is 11.7 Å². The fourth-order valence-corrected chi connectivity index (χ4v) is 3.02. The Morgan fingerprint density at radius 3 is 2.39 bits per heavy atom. The minimum atomic E-state index is -4.38. The third-order valence-corrected chi connectivity index (χ3v) is 4.20. The Morgan fingerprint density at radius 2 is 1.94 bits per heavy atom. The molecule has 100 valence electrons. The Morgan fingerprint density at radius 1 is 1.33 bits per heavy atom. The van der Waals surface area contributed by atoms with Crippen LogP contribution in [0.15, 0.2) is 18.2 Å². The van der Waals surface area contributed by atoms with Gasteiger partial charge in [0.1, 0.15) is 0 Å². The van der Waals surface area contributed by atoms with Gasteiger partial charge in [0.05, 0.1) is 5.56 Å². The van der Waals surface area contributed by atoms with Crippen molar-refractivity contribution < 1.29 is 13.2 Å². The highest BCUT2D eigenvalue weighted by Crippen LogP contribution is 2.65. The van der Waals surface area contributed by atoms with E-state index >= 15 is 0 Å². The molecule has 18 heavy (non-hydrogen) atoms. The Bertz CT molecular complexity index is 468. The molecule has 1 saturated carbocycles. The molecular weight excluding hydrogens is 263 g/mol. The zero-order chi connectivity index (χ0) is 13.7. The Balaban J connectivity index is 2.47. The molecule has 1 aliphatic rings. The number of rotatable bonds is 2. The molecule has 0 unspecified atom stereocenters. The van der Waals surface area contributed by atoms with E-state index in [1.54, 1.807) is 0 Å². The van der Waals surface area contributed by atoms with Crippen molar-refractivity contribution in [3.05, 3.63) is 34.3 Å². The molecule has 1 aromatic carbocycles. The molecular formula is C13H15ClF3N. The lowest BCUT2D eigenvalue weighted by molar-refractivity contribution is -0.138. The minimum absolute atomic E-state index is 0.0970. The first-order chi connectivity index (χ1) is 8.19. The smallest absolute Gasteiger partial charge is 0.330 e. The fourth-order valence-electron chi connectivity index (χ4n) is 2.85. The molecule has 1 aromatic rings. The van der Waals surface area contributed by atoms with Gasteiger partial charge in [0.15, 0.2) is 0 Å². The molecule has 0 bridgehead atoms. The van der Waals surface area contributed by atoms with E-state index in [2.05, 4.69) is 0 Å². The lowest BCUT2D eigenvalue weighted by Crippen LogP contribution is -2.10. The molecule has 1 fully saturated rings. The summed E-state index contributed by atoms with van der Waals surface area (Å²) >= 11 is 5.66. The zero-order valence-electron chi connectivity index (χ0n) is 10.2. The molecule has 2 rings (SSSR count). The van der Waals surface area contributed by atoms with Gasteiger partial charge < -0.3 is 5.73 Å². The highest BCUT2D eigenvalue weighted by atomic mass is 35.5. The van der Waals surface area contributed by atoms with Gasteiger partial charge in [-0.15, -0.1) is 0 Å². The van der Waals surface area contributed by atoms with Crippen molar-refractivity contribution in [2.45, 2.75) is 25.9 Å². The molecule has 1 nitrogen and oxygen atoms in total. The van der Waals surface area contributed by atoms with Crippen LogP contribution >= 0.6 is 11.6 Å². The third kappa shape index (κ3) is 2.12. The molecule has 0 aliphatic heterocycles. The first kappa shape index (κ1) is 13.7. The van der Waals surface area contributed by atoms with Gasteiger partial charge in [-0.05, 0) is 41.5 Å². The quantitative estimate of drug-likeness (QED) is 0.867. The van der Waals surface area contributed by atoms with Crippen molar-refractivity contribution in [3.63, 3.8) is 0 Å². The fraction of sp³-hybridized carbons (Fsp3) is 0.538. The van der Waals surface area contributed by atoms with Crippen LogP contribution in [0.5, 0.6) is 0 Å². The van der Waals surface area contributed by atoms with E-state index in [1.807, 2.05) is 13.8 Å². The maximum Gasteiger partial charge on any atom is 0.416 e. The van der Waals surface area contributed by atoms with E-state index in [4.69, 9.17) is 17.3 Å². The topological polar surface area (TPSA) is 26.0 Å². The molecule has 0 aromatic heterocycles. The Labute approximate surface area is 109 Å². The normalized spacial score (nSPS) is 26.2. The van der Waals surface area contributed by atoms with E-state index in [1.165, 1.54) is 12.1 Å². The van der Waals surface area contributed by atoms with Gasteiger partial charge in [0.2, 0.25) is 0 Å². The van der Waals surface area contributed by atoms with Gasteiger partial charge in [-0.1, -0.05) is 31.5 Å². The van der Waals surface area contributed by atoms with Crippen molar-refractivity contribution in [1.29, 1.82) is 0 Å². The molecule has 2 N–H and O–H groups in total. The molecule has 0 radical (unpaired) electrons. The van der Waals surface area contributed by atoms with Crippen LogP contribution in [0.4, 0.5) is 13.2 Å². The molecule has 2 atom stereocenters. The van der Waals surface area contributed by atoms with Crippen LogP contribution in [0.1, 0.15) is 30.9 Å². The molecule has 1 aliphatic carbocycles. The van der Waals surface area contributed by atoms with E-state index in [-0.39, 0.29) is 22.3 Å². The Hall–Kier alpha value is -0.740. The van der Waals surface area contributed by atoms with Crippen LogP contribution in [0.2, 0.25) is 5.02 Å². The maximum absolute atomic E-state index is 13.0. The van der Waals surface area contributed by atoms with E-state index in [9.17, 15) is 13.2 Å². The first-order valence-electron chi connectivity index (χ1n) is 5.76. The second-order valence-corrected chi connectivity index (χ2v) is 5.81. The summed E-state index contributed by atoms with van der Waals surface area (Å²) in [5.74, 6) is -0.0452. The van der Waals surface area contributed by atoms with Crippen molar-refractivity contribution in [1.82, 2.24) is 0 Å². The summed E-state index contributed by atoms with van der Waals surface area (Å²) in [6.07, 6.45) is -4.38. The summed E-state index contributed by atoms with van der Waals surface area (Å²) in [5.41, 5.74) is 5.12. The van der Waals surface area contributed by atoms with Gasteiger partial charge >= 0.3 is 6.18 Å². The van der Waals surface area contributed by atoms with Crippen molar-refractivity contribution in [2.75, 3.05) is 6.54 Å². The monoisotopic (exact) mass is 277 g/mol. The predicted molar refractivity (Wildman–Crippen MR) is 65.5 cm³/mol. The lowest BCUT2D eigenvalue weighted by Gasteiger charge is -2.14. The molecule has 0 heterocycles. The van der Waals surface area contributed by atoms with Crippen molar-refractivity contribution in [3.8, 4) is 0 Å². The molecule has 0 amide bonds. The van der Waals surface area contributed by atoms with Crippen molar-refractivity contribution in [2.24, 2.45) is 17.1 Å². The van der Waals surface area contributed by atoms with Crippen LogP contribution in [-0.2, 0) is 6.18 Å². The van der Waals surface area contributed by atoms with Gasteiger partial charge in [-0.2, -0.15) is 13.2 Å². The minimum Gasteiger partial charge on any atom is -0.330 e.